The number of fused-ring (bicyclic) bond motifs is 1. The number of aryl methyl sites for hydroxylation is 1. The van der Waals surface area contributed by atoms with E-state index < -0.39 is 17.9 Å². The number of carbonyl (C=O) groups excluding carboxylic acids is 2. The van der Waals surface area contributed by atoms with Crippen LogP contribution in [-0.4, -0.2) is 31.6 Å². The van der Waals surface area contributed by atoms with Gasteiger partial charge in [-0.25, -0.2) is 9.18 Å². The molecule has 0 aliphatic carbocycles. The largest absolute Gasteiger partial charge is 0.480 e. The molecule has 0 fully saturated rings. The molecular formula is C15H16FNO4. The highest BCUT2D eigenvalue weighted by Gasteiger charge is 2.25. The maximum atomic E-state index is 13.1. The van der Waals surface area contributed by atoms with Crippen molar-refractivity contribution in [1.82, 2.24) is 5.32 Å². The highest BCUT2D eigenvalue weighted by atomic mass is 19.1. The second-order valence-corrected chi connectivity index (χ2v) is 4.57. The summed E-state index contributed by atoms with van der Waals surface area (Å²) in [6, 6.07) is 4.32. The fourth-order valence-electron chi connectivity index (χ4n) is 2.02. The lowest BCUT2D eigenvalue weighted by Gasteiger charge is -2.25. The molecule has 1 unspecified atom stereocenters. The van der Waals surface area contributed by atoms with E-state index in [2.05, 4.69) is 10.1 Å². The molecule has 112 valence electrons. The van der Waals surface area contributed by atoms with Gasteiger partial charge in [-0.3, -0.25) is 4.79 Å². The second kappa shape index (κ2) is 6.88. The van der Waals surface area contributed by atoms with E-state index in [1.54, 1.807) is 6.07 Å². The van der Waals surface area contributed by atoms with Crippen LogP contribution in [0.25, 0.3) is 0 Å². The molecule has 1 aromatic rings. The van der Waals surface area contributed by atoms with Crippen LogP contribution in [0.2, 0.25) is 0 Å². The number of carbonyl (C=O) groups is 2. The van der Waals surface area contributed by atoms with Crippen molar-refractivity contribution in [3.8, 4) is 5.75 Å². The predicted molar refractivity (Wildman–Crippen MR) is 73.3 cm³/mol. The van der Waals surface area contributed by atoms with Crippen molar-refractivity contribution < 1.29 is 23.5 Å². The van der Waals surface area contributed by atoms with E-state index in [-0.39, 0.29) is 12.5 Å². The van der Waals surface area contributed by atoms with E-state index in [1.807, 2.05) is 0 Å². The molecular weight excluding hydrogens is 277 g/mol. The molecule has 6 heteroatoms. The molecule has 0 aromatic heterocycles. The van der Waals surface area contributed by atoms with Crippen molar-refractivity contribution >= 4 is 11.9 Å². The van der Waals surface area contributed by atoms with Crippen molar-refractivity contribution in [2.45, 2.75) is 18.9 Å². The topological polar surface area (TPSA) is 64.6 Å². The Hall–Kier alpha value is -2.37. The number of hydrogen-bond donors (Lipinski definition) is 1. The van der Waals surface area contributed by atoms with Gasteiger partial charge in [0.25, 0.3) is 5.91 Å². The molecule has 1 atom stereocenters. The number of esters is 1. The second-order valence-electron chi connectivity index (χ2n) is 4.57. The summed E-state index contributed by atoms with van der Waals surface area (Å²) < 4.78 is 23.1. The van der Waals surface area contributed by atoms with Crippen LogP contribution in [0.5, 0.6) is 5.75 Å². The number of nitrogens with one attached hydrogen (secondary N) is 1. The molecule has 1 aliphatic rings. The number of amides is 1. The van der Waals surface area contributed by atoms with Gasteiger partial charge in [0.2, 0.25) is 0 Å². The number of ether oxygens (including phenoxy) is 2. The van der Waals surface area contributed by atoms with Crippen molar-refractivity contribution in [2.75, 3.05) is 13.7 Å². The Labute approximate surface area is 121 Å². The van der Waals surface area contributed by atoms with E-state index >= 15 is 0 Å². The molecule has 0 saturated heterocycles. The predicted octanol–water partition coefficient (Wildman–Crippen LogP) is 1.36. The molecule has 1 aliphatic heterocycles. The summed E-state index contributed by atoms with van der Waals surface area (Å²) in [4.78, 5) is 22.8. The molecule has 0 spiro atoms. The van der Waals surface area contributed by atoms with Gasteiger partial charge in [-0.05, 0) is 24.5 Å². The Morgan fingerprint density at radius 2 is 2.33 bits per heavy atom. The van der Waals surface area contributed by atoms with Crippen LogP contribution in [0, 0.1) is 5.82 Å². The van der Waals surface area contributed by atoms with E-state index in [4.69, 9.17) is 4.74 Å². The SMILES string of the molecule is COC(=O)/C=C/CNC(=O)C1CCc2ccc(F)cc2O1. The summed E-state index contributed by atoms with van der Waals surface area (Å²) in [5.74, 6) is -0.760. The summed E-state index contributed by atoms with van der Waals surface area (Å²) in [6.07, 6.45) is 3.26. The van der Waals surface area contributed by atoms with Crippen molar-refractivity contribution in [3.63, 3.8) is 0 Å². The van der Waals surface area contributed by atoms with E-state index in [0.29, 0.717) is 18.6 Å². The van der Waals surface area contributed by atoms with E-state index in [1.165, 1.54) is 31.4 Å². The van der Waals surface area contributed by atoms with Gasteiger partial charge in [-0.2, -0.15) is 0 Å². The first-order chi connectivity index (χ1) is 10.1. The first kappa shape index (κ1) is 15.0. The standard InChI is InChI=1S/C15H16FNO4/c1-20-14(18)3-2-8-17-15(19)12-7-5-10-4-6-11(16)9-13(10)21-12/h2-4,6,9,12H,5,7-8H2,1H3,(H,17,19)/b3-2+. The number of halogens is 1. The number of hydrogen-bond acceptors (Lipinski definition) is 4. The maximum absolute atomic E-state index is 13.1. The van der Waals surface area contributed by atoms with Crippen LogP contribution in [-0.2, 0) is 20.7 Å². The minimum absolute atomic E-state index is 0.198. The van der Waals surface area contributed by atoms with E-state index in [9.17, 15) is 14.0 Å². The van der Waals surface area contributed by atoms with Crippen LogP contribution < -0.4 is 10.1 Å². The lowest BCUT2D eigenvalue weighted by molar-refractivity contribution is -0.135. The fraction of sp³-hybridized carbons (Fsp3) is 0.333. The van der Waals surface area contributed by atoms with Crippen molar-refractivity contribution in [2.24, 2.45) is 0 Å². The molecule has 21 heavy (non-hydrogen) atoms. The van der Waals surface area contributed by atoms with Gasteiger partial charge in [0.15, 0.2) is 6.10 Å². The lowest BCUT2D eigenvalue weighted by atomic mass is 10.0. The Bertz CT molecular complexity index is 571. The molecule has 0 radical (unpaired) electrons. The third-order valence-electron chi connectivity index (χ3n) is 3.12. The highest BCUT2D eigenvalue weighted by molar-refractivity contribution is 5.83. The zero-order valence-electron chi connectivity index (χ0n) is 11.6. The number of rotatable bonds is 4. The molecule has 1 amide bonds. The van der Waals surface area contributed by atoms with Gasteiger partial charge >= 0.3 is 5.97 Å². The quantitative estimate of drug-likeness (QED) is 0.672. The molecule has 1 heterocycles. The Kier molecular flexibility index (Phi) is 4.92. The van der Waals surface area contributed by atoms with Crippen LogP contribution >= 0.6 is 0 Å². The van der Waals surface area contributed by atoms with Crippen LogP contribution in [0.15, 0.2) is 30.4 Å². The van der Waals surface area contributed by atoms with Crippen molar-refractivity contribution in [1.29, 1.82) is 0 Å². The first-order valence-corrected chi connectivity index (χ1v) is 6.57. The normalized spacial score (nSPS) is 17.0. The van der Waals surface area contributed by atoms with Gasteiger partial charge in [0, 0.05) is 18.7 Å². The van der Waals surface area contributed by atoms with Gasteiger partial charge in [-0.15, -0.1) is 0 Å². The maximum Gasteiger partial charge on any atom is 0.330 e. The third kappa shape index (κ3) is 4.05. The smallest absolute Gasteiger partial charge is 0.330 e. The van der Waals surface area contributed by atoms with Gasteiger partial charge in [-0.1, -0.05) is 12.1 Å². The van der Waals surface area contributed by atoms with Gasteiger partial charge < -0.3 is 14.8 Å². The van der Waals surface area contributed by atoms with Crippen LogP contribution in [0.4, 0.5) is 4.39 Å². The monoisotopic (exact) mass is 293 g/mol. The Morgan fingerprint density at radius 3 is 3.10 bits per heavy atom. The minimum atomic E-state index is -0.647. The molecule has 0 saturated carbocycles. The van der Waals surface area contributed by atoms with Crippen molar-refractivity contribution in [3.05, 3.63) is 41.7 Å². The molecule has 0 bridgehead atoms. The number of methoxy groups -OCH3 is 1. The Balaban J connectivity index is 1.87. The summed E-state index contributed by atoms with van der Waals surface area (Å²) in [6.45, 7) is 0.198. The summed E-state index contributed by atoms with van der Waals surface area (Å²) in [7, 11) is 1.28. The minimum Gasteiger partial charge on any atom is -0.480 e. The molecule has 2 rings (SSSR count). The zero-order chi connectivity index (χ0) is 15.2. The molecule has 5 nitrogen and oxygen atoms in total. The summed E-state index contributed by atoms with van der Waals surface area (Å²) >= 11 is 0. The van der Waals surface area contributed by atoms with Crippen LogP contribution in [0.3, 0.4) is 0 Å². The summed E-state index contributed by atoms with van der Waals surface area (Å²) in [5, 5.41) is 2.62. The van der Waals surface area contributed by atoms with Gasteiger partial charge in [0.05, 0.1) is 7.11 Å². The molecule has 1 aromatic carbocycles. The van der Waals surface area contributed by atoms with Gasteiger partial charge in [0.1, 0.15) is 11.6 Å². The lowest BCUT2D eigenvalue weighted by Crippen LogP contribution is -2.40. The summed E-state index contributed by atoms with van der Waals surface area (Å²) in [5.41, 5.74) is 0.894. The first-order valence-electron chi connectivity index (χ1n) is 6.57. The van der Waals surface area contributed by atoms with E-state index in [0.717, 1.165) is 5.56 Å². The Morgan fingerprint density at radius 1 is 1.52 bits per heavy atom. The molecule has 1 N–H and O–H groups in total. The highest BCUT2D eigenvalue weighted by Crippen LogP contribution is 2.28. The average molecular weight is 293 g/mol. The zero-order valence-corrected chi connectivity index (χ0v) is 11.6. The van der Waals surface area contributed by atoms with Crippen LogP contribution in [0.1, 0.15) is 12.0 Å². The third-order valence-corrected chi connectivity index (χ3v) is 3.12. The average Bonchev–Trinajstić information content (AvgIpc) is 2.50. The fourth-order valence-corrected chi connectivity index (χ4v) is 2.02. The number of benzene rings is 1.